The van der Waals surface area contributed by atoms with Crippen LogP contribution in [0.1, 0.15) is 23.1 Å². The number of rotatable bonds is 6. The highest BCUT2D eigenvalue weighted by molar-refractivity contribution is 6.20. The van der Waals surface area contributed by atoms with E-state index in [0.717, 1.165) is 25.0 Å². The number of hydrogen-bond donors (Lipinski definition) is 0. The Morgan fingerprint density at radius 3 is 2.45 bits per heavy atom. The lowest BCUT2D eigenvalue weighted by atomic mass is 10.0. The molecule has 20 heavy (non-hydrogen) atoms. The van der Waals surface area contributed by atoms with E-state index in [1.54, 1.807) is 7.11 Å². The number of ether oxygens (including phenoxy) is 1. The molecule has 1 atom stereocenters. The monoisotopic (exact) mass is 288 g/mol. The number of benzene rings is 2. The number of aryl methyl sites for hydroxylation is 2. The van der Waals surface area contributed by atoms with Gasteiger partial charge in [-0.2, -0.15) is 0 Å². The van der Waals surface area contributed by atoms with Crippen molar-refractivity contribution >= 4 is 11.6 Å². The van der Waals surface area contributed by atoms with Gasteiger partial charge in [-0.25, -0.2) is 0 Å². The fourth-order valence-electron chi connectivity index (χ4n) is 2.31. The molecule has 0 spiro atoms. The molecule has 0 aliphatic rings. The van der Waals surface area contributed by atoms with Crippen LogP contribution >= 0.6 is 11.6 Å². The number of alkyl halides is 1. The van der Waals surface area contributed by atoms with Gasteiger partial charge in [0.15, 0.2) is 0 Å². The minimum Gasteiger partial charge on any atom is -0.497 e. The molecule has 0 N–H and O–H groups in total. The molecule has 0 aliphatic carbocycles. The average Bonchev–Trinajstić information content (AvgIpc) is 2.46. The number of hydrogen-bond acceptors (Lipinski definition) is 1. The minimum absolute atomic E-state index is 0.170. The smallest absolute Gasteiger partial charge is 0.118 e. The molecule has 2 heteroatoms. The van der Waals surface area contributed by atoms with Gasteiger partial charge in [-0.3, -0.25) is 0 Å². The van der Waals surface area contributed by atoms with Gasteiger partial charge >= 0.3 is 0 Å². The Morgan fingerprint density at radius 2 is 1.80 bits per heavy atom. The van der Waals surface area contributed by atoms with Crippen molar-refractivity contribution in [2.45, 2.75) is 31.6 Å². The molecule has 0 aromatic heterocycles. The fourth-order valence-corrected chi connectivity index (χ4v) is 2.60. The first-order valence-electron chi connectivity index (χ1n) is 7.00. The van der Waals surface area contributed by atoms with E-state index in [2.05, 4.69) is 43.3 Å². The predicted octanol–water partition coefficient (Wildman–Crippen LogP) is 4.79. The van der Waals surface area contributed by atoms with Crippen LogP contribution in [0.3, 0.4) is 0 Å². The largest absolute Gasteiger partial charge is 0.497 e. The van der Waals surface area contributed by atoms with E-state index in [-0.39, 0.29) is 5.38 Å². The molecule has 0 saturated carbocycles. The van der Waals surface area contributed by atoms with Crippen LogP contribution in [0.2, 0.25) is 0 Å². The molecule has 0 saturated heterocycles. The van der Waals surface area contributed by atoms with Crippen LogP contribution in [0, 0.1) is 6.92 Å². The molecule has 106 valence electrons. The molecule has 2 aromatic carbocycles. The molecule has 2 rings (SSSR count). The normalized spacial score (nSPS) is 12.2. The molecule has 0 heterocycles. The van der Waals surface area contributed by atoms with Crippen molar-refractivity contribution in [2.75, 3.05) is 7.11 Å². The second kappa shape index (κ2) is 7.35. The Morgan fingerprint density at radius 1 is 1.05 bits per heavy atom. The zero-order valence-corrected chi connectivity index (χ0v) is 12.9. The summed E-state index contributed by atoms with van der Waals surface area (Å²) in [7, 11) is 1.68. The summed E-state index contributed by atoms with van der Waals surface area (Å²) in [6, 6.07) is 16.8. The maximum atomic E-state index is 6.45. The van der Waals surface area contributed by atoms with Crippen LogP contribution in [0.25, 0.3) is 0 Å². The molecular weight excluding hydrogens is 268 g/mol. The second-order valence-corrected chi connectivity index (χ2v) is 5.79. The van der Waals surface area contributed by atoms with Crippen molar-refractivity contribution in [1.29, 1.82) is 0 Å². The highest BCUT2D eigenvalue weighted by atomic mass is 35.5. The van der Waals surface area contributed by atoms with E-state index in [9.17, 15) is 0 Å². The maximum Gasteiger partial charge on any atom is 0.118 e. The summed E-state index contributed by atoms with van der Waals surface area (Å²) in [6.07, 6.45) is 2.93. The van der Waals surface area contributed by atoms with Crippen LogP contribution in [-0.2, 0) is 12.8 Å². The Kier molecular flexibility index (Phi) is 5.49. The third kappa shape index (κ3) is 4.57. The van der Waals surface area contributed by atoms with Gasteiger partial charge in [0.2, 0.25) is 0 Å². The molecule has 2 aromatic rings. The predicted molar refractivity (Wildman–Crippen MR) is 85.8 cm³/mol. The van der Waals surface area contributed by atoms with Crippen molar-refractivity contribution in [3.8, 4) is 5.75 Å². The summed E-state index contributed by atoms with van der Waals surface area (Å²) < 4.78 is 5.16. The van der Waals surface area contributed by atoms with Gasteiger partial charge in [-0.15, -0.1) is 11.6 Å². The van der Waals surface area contributed by atoms with Gasteiger partial charge in [-0.1, -0.05) is 42.0 Å². The zero-order chi connectivity index (χ0) is 14.4. The van der Waals surface area contributed by atoms with Crippen molar-refractivity contribution in [3.05, 3.63) is 65.2 Å². The van der Waals surface area contributed by atoms with Crippen molar-refractivity contribution < 1.29 is 4.74 Å². The highest BCUT2D eigenvalue weighted by Gasteiger charge is 2.07. The van der Waals surface area contributed by atoms with Gasteiger partial charge in [0, 0.05) is 5.38 Å². The summed E-state index contributed by atoms with van der Waals surface area (Å²) in [5.74, 6) is 0.889. The molecule has 0 amide bonds. The standard InChI is InChI=1S/C18H21ClO/c1-14-4-3-5-15(12-14)6-9-17(19)13-16-7-10-18(20-2)11-8-16/h3-5,7-8,10-12,17H,6,9,13H2,1-2H3. The molecule has 0 bridgehead atoms. The molecule has 0 aliphatic heterocycles. The molecular formula is C18H21ClO. The van der Waals surface area contributed by atoms with E-state index in [4.69, 9.17) is 16.3 Å². The van der Waals surface area contributed by atoms with Crippen molar-refractivity contribution in [1.82, 2.24) is 0 Å². The van der Waals surface area contributed by atoms with E-state index < -0.39 is 0 Å². The van der Waals surface area contributed by atoms with E-state index in [0.29, 0.717) is 0 Å². The van der Waals surface area contributed by atoms with Gasteiger partial charge < -0.3 is 4.74 Å². The van der Waals surface area contributed by atoms with E-state index in [1.807, 2.05) is 12.1 Å². The molecule has 0 radical (unpaired) electrons. The Balaban J connectivity index is 1.84. The van der Waals surface area contributed by atoms with Crippen LogP contribution in [0.15, 0.2) is 48.5 Å². The SMILES string of the molecule is COc1ccc(CC(Cl)CCc2cccc(C)c2)cc1. The molecule has 1 nitrogen and oxygen atoms in total. The molecule has 1 unspecified atom stereocenters. The summed E-state index contributed by atoms with van der Waals surface area (Å²) in [5.41, 5.74) is 3.93. The van der Waals surface area contributed by atoms with Gasteiger partial charge in [0.25, 0.3) is 0 Å². The second-order valence-electron chi connectivity index (χ2n) is 5.18. The Hall–Kier alpha value is -1.47. The summed E-state index contributed by atoms with van der Waals surface area (Å²) >= 11 is 6.45. The van der Waals surface area contributed by atoms with Crippen LogP contribution in [0.4, 0.5) is 0 Å². The van der Waals surface area contributed by atoms with Gasteiger partial charge in [0.05, 0.1) is 7.11 Å². The minimum atomic E-state index is 0.170. The van der Waals surface area contributed by atoms with Crippen molar-refractivity contribution in [3.63, 3.8) is 0 Å². The van der Waals surface area contributed by atoms with Gasteiger partial charge in [-0.05, 0) is 49.4 Å². The lowest BCUT2D eigenvalue weighted by Gasteiger charge is -2.10. The Bertz CT molecular complexity index is 533. The van der Waals surface area contributed by atoms with Gasteiger partial charge in [0.1, 0.15) is 5.75 Å². The summed E-state index contributed by atoms with van der Waals surface area (Å²) in [5, 5.41) is 0.170. The lowest BCUT2D eigenvalue weighted by molar-refractivity contribution is 0.414. The summed E-state index contributed by atoms with van der Waals surface area (Å²) in [4.78, 5) is 0. The topological polar surface area (TPSA) is 9.23 Å². The first-order valence-corrected chi connectivity index (χ1v) is 7.43. The van der Waals surface area contributed by atoms with Crippen LogP contribution in [-0.4, -0.2) is 12.5 Å². The Labute approximate surface area is 126 Å². The highest BCUT2D eigenvalue weighted by Crippen LogP contribution is 2.18. The zero-order valence-electron chi connectivity index (χ0n) is 12.1. The average molecular weight is 289 g/mol. The summed E-state index contributed by atoms with van der Waals surface area (Å²) in [6.45, 7) is 2.12. The fraction of sp³-hybridized carbons (Fsp3) is 0.333. The number of methoxy groups -OCH3 is 1. The van der Waals surface area contributed by atoms with Crippen LogP contribution in [0.5, 0.6) is 5.75 Å². The first-order chi connectivity index (χ1) is 9.67. The quantitative estimate of drug-likeness (QED) is 0.695. The maximum absolute atomic E-state index is 6.45. The molecule has 0 fully saturated rings. The van der Waals surface area contributed by atoms with E-state index in [1.165, 1.54) is 16.7 Å². The third-order valence-electron chi connectivity index (χ3n) is 3.44. The third-order valence-corrected chi connectivity index (χ3v) is 3.82. The first kappa shape index (κ1) is 14.9. The van der Waals surface area contributed by atoms with Crippen molar-refractivity contribution in [2.24, 2.45) is 0 Å². The van der Waals surface area contributed by atoms with Crippen LogP contribution < -0.4 is 4.74 Å². The number of halogens is 1. The lowest BCUT2D eigenvalue weighted by Crippen LogP contribution is -2.05. The van der Waals surface area contributed by atoms with E-state index >= 15 is 0 Å².